The van der Waals surface area contributed by atoms with Gasteiger partial charge in [-0.3, -0.25) is 0 Å². The summed E-state index contributed by atoms with van der Waals surface area (Å²) in [7, 11) is 0. The summed E-state index contributed by atoms with van der Waals surface area (Å²) in [5, 5.41) is 2.14. The molecule has 8 aromatic carbocycles. The minimum Gasteiger partial charge on any atom is -0.456 e. The number of hydrogen-bond donors (Lipinski definition) is 0. The Morgan fingerprint density at radius 1 is 0.345 bits per heavy atom. The molecule has 274 valence electrons. The molecule has 2 aromatic heterocycles. The molecule has 0 radical (unpaired) electrons. The Bertz CT molecular complexity index is 3180. The van der Waals surface area contributed by atoms with Gasteiger partial charge in [-0.2, -0.15) is 0 Å². The molecule has 0 spiro atoms. The lowest BCUT2D eigenvalue weighted by Crippen LogP contribution is -2.15. The van der Waals surface area contributed by atoms with Gasteiger partial charge in [0.25, 0.3) is 0 Å². The zero-order chi connectivity index (χ0) is 38.8. The van der Waals surface area contributed by atoms with Crippen molar-refractivity contribution in [3.05, 3.63) is 199 Å². The van der Waals surface area contributed by atoms with Crippen molar-refractivity contribution in [1.29, 1.82) is 0 Å². The molecule has 0 N–H and O–H groups in total. The highest BCUT2D eigenvalue weighted by Crippen LogP contribution is 2.49. The zero-order valence-electron chi connectivity index (χ0n) is 32.1. The maximum atomic E-state index is 6.60. The van der Waals surface area contributed by atoms with Crippen LogP contribution in [0.2, 0.25) is 0 Å². The summed E-state index contributed by atoms with van der Waals surface area (Å²) < 4.78 is 6.60. The average molecular weight is 744 g/mol. The van der Waals surface area contributed by atoms with Crippen LogP contribution in [0.4, 0.5) is 0 Å². The molecule has 0 fully saturated rings. The van der Waals surface area contributed by atoms with E-state index in [2.05, 4.69) is 184 Å². The highest BCUT2D eigenvalue weighted by Gasteiger charge is 2.35. The van der Waals surface area contributed by atoms with Crippen molar-refractivity contribution in [1.82, 2.24) is 15.0 Å². The monoisotopic (exact) mass is 743 g/mol. The van der Waals surface area contributed by atoms with E-state index in [1.807, 2.05) is 18.2 Å². The Morgan fingerprint density at radius 2 is 0.845 bits per heavy atom. The molecule has 4 heteroatoms. The summed E-state index contributed by atoms with van der Waals surface area (Å²) in [6.07, 6.45) is 0. The summed E-state index contributed by atoms with van der Waals surface area (Å²) in [4.78, 5) is 15.5. The second kappa shape index (κ2) is 13.4. The van der Waals surface area contributed by atoms with Gasteiger partial charge < -0.3 is 4.42 Å². The fourth-order valence-electron chi connectivity index (χ4n) is 8.75. The van der Waals surface area contributed by atoms with Gasteiger partial charge in [0.1, 0.15) is 11.2 Å². The van der Waals surface area contributed by atoms with E-state index in [9.17, 15) is 0 Å². The van der Waals surface area contributed by atoms with E-state index in [4.69, 9.17) is 19.4 Å². The van der Waals surface area contributed by atoms with Crippen molar-refractivity contribution < 1.29 is 4.42 Å². The first-order valence-corrected chi connectivity index (χ1v) is 19.8. The number of hydrogen-bond acceptors (Lipinski definition) is 4. The minimum atomic E-state index is -0.153. The number of benzene rings is 8. The lowest BCUT2D eigenvalue weighted by Gasteiger charge is -2.21. The van der Waals surface area contributed by atoms with Crippen molar-refractivity contribution in [3.8, 4) is 78.7 Å². The molecule has 10 aromatic rings. The maximum absolute atomic E-state index is 6.60. The third kappa shape index (κ3) is 5.64. The van der Waals surface area contributed by atoms with Crippen LogP contribution in [0.1, 0.15) is 25.0 Å². The van der Waals surface area contributed by atoms with Gasteiger partial charge in [-0.15, -0.1) is 0 Å². The first kappa shape index (κ1) is 33.9. The molecule has 2 heterocycles. The van der Waals surface area contributed by atoms with E-state index < -0.39 is 0 Å². The first-order chi connectivity index (χ1) is 28.5. The number of furan rings is 1. The van der Waals surface area contributed by atoms with Gasteiger partial charge in [0.2, 0.25) is 0 Å². The molecule has 4 nitrogen and oxygen atoms in total. The molecule has 1 aliphatic carbocycles. The van der Waals surface area contributed by atoms with Crippen LogP contribution in [0.3, 0.4) is 0 Å². The maximum Gasteiger partial charge on any atom is 0.164 e. The summed E-state index contributed by atoms with van der Waals surface area (Å²) in [5.74, 6) is 1.84. The normalized spacial score (nSPS) is 12.8. The van der Waals surface area contributed by atoms with Crippen LogP contribution >= 0.6 is 0 Å². The quantitative estimate of drug-likeness (QED) is 0.170. The molecule has 11 rings (SSSR count). The van der Waals surface area contributed by atoms with Gasteiger partial charge in [-0.25, -0.2) is 15.0 Å². The molecule has 1 aliphatic rings. The molecule has 58 heavy (non-hydrogen) atoms. The Morgan fingerprint density at radius 3 is 1.59 bits per heavy atom. The van der Waals surface area contributed by atoms with E-state index in [0.717, 1.165) is 60.9 Å². The lowest BCUT2D eigenvalue weighted by molar-refractivity contribution is 0.660. The fourth-order valence-corrected chi connectivity index (χ4v) is 8.75. The van der Waals surface area contributed by atoms with Crippen LogP contribution in [-0.4, -0.2) is 15.0 Å². The van der Waals surface area contributed by atoms with Crippen LogP contribution < -0.4 is 0 Å². The fraction of sp³-hybridized carbons (Fsp3) is 0.0556. The molecule has 0 atom stereocenters. The van der Waals surface area contributed by atoms with E-state index in [-0.39, 0.29) is 5.41 Å². The standard InChI is InChI=1S/C54H37N3O/c1-54(2)46-21-10-9-19-43(46)44-29-27-40(32-47(44)54)52-55-51(39-18-11-17-38(31-39)35-15-7-4-8-16-35)56-53(57-52)41-28-30-45-49(33-41)58-48-22-12-20-42(50(45)48)37-25-23-36(24-26-37)34-13-5-3-6-14-34/h3-33H,1-2H3. The van der Waals surface area contributed by atoms with Crippen LogP contribution in [0.25, 0.3) is 101 Å². The zero-order valence-corrected chi connectivity index (χ0v) is 32.1. The van der Waals surface area contributed by atoms with Crippen molar-refractivity contribution in [2.45, 2.75) is 19.3 Å². The molecule has 0 unspecified atom stereocenters. The van der Waals surface area contributed by atoms with Crippen molar-refractivity contribution in [2.24, 2.45) is 0 Å². The van der Waals surface area contributed by atoms with E-state index in [1.165, 1.54) is 33.4 Å². The molecule has 0 saturated heterocycles. The number of nitrogens with zero attached hydrogens (tertiary/aromatic N) is 3. The van der Waals surface area contributed by atoms with E-state index in [1.54, 1.807) is 0 Å². The van der Waals surface area contributed by atoms with Gasteiger partial charge in [0, 0.05) is 32.9 Å². The Hall–Kier alpha value is -7.43. The van der Waals surface area contributed by atoms with Crippen molar-refractivity contribution >= 4 is 21.9 Å². The second-order valence-corrected chi connectivity index (χ2v) is 15.6. The van der Waals surface area contributed by atoms with Gasteiger partial charge in [-0.05, 0) is 86.0 Å². The summed E-state index contributed by atoms with van der Waals surface area (Å²) in [5.41, 5.74) is 16.3. The predicted octanol–water partition coefficient (Wildman–Crippen LogP) is 14.1. The minimum absolute atomic E-state index is 0.153. The van der Waals surface area contributed by atoms with Gasteiger partial charge >= 0.3 is 0 Å². The molecule has 0 amide bonds. The van der Waals surface area contributed by atoms with Crippen molar-refractivity contribution in [3.63, 3.8) is 0 Å². The van der Waals surface area contributed by atoms with Crippen molar-refractivity contribution in [2.75, 3.05) is 0 Å². The topological polar surface area (TPSA) is 51.8 Å². The molecule has 0 saturated carbocycles. The lowest BCUT2D eigenvalue weighted by atomic mass is 9.82. The predicted molar refractivity (Wildman–Crippen MR) is 237 cm³/mol. The van der Waals surface area contributed by atoms with Crippen LogP contribution in [0.5, 0.6) is 0 Å². The smallest absolute Gasteiger partial charge is 0.164 e. The number of fused-ring (bicyclic) bond motifs is 6. The van der Waals surface area contributed by atoms with E-state index >= 15 is 0 Å². The molecule has 0 aliphatic heterocycles. The van der Waals surface area contributed by atoms with Gasteiger partial charge in [0.05, 0.1) is 0 Å². The Balaban J connectivity index is 1.04. The third-order valence-corrected chi connectivity index (χ3v) is 11.8. The van der Waals surface area contributed by atoms with Gasteiger partial charge in [0.15, 0.2) is 17.5 Å². The van der Waals surface area contributed by atoms with E-state index in [0.29, 0.717) is 17.5 Å². The summed E-state index contributed by atoms with van der Waals surface area (Å²) >= 11 is 0. The average Bonchev–Trinajstić information content (AvgIpc) is 3.78. The molecular weight excluding hydrogens is 707 g/mol. The van der Waals surface area contributed by atoms with Crippen LogP contribution in [-0.2, 0) is 5.41 Å². The van der Waals surface area contributed by atoms with Crippen LogP contribution in [0.15, 0.2) is 192 Å². The van der Waals surface area contributed by atoms with Crippen LogP contribution in [0, 0.1) is 0 Å². The highest BCUT2D eigenvalue weighted by atomic mass is 16.3. The summed E-state index contributed by atoms with van der Waals surface area (Å²) in [6.45, 7) is 4.60. The largest absolute Gasteiger partial charge is 0.456 e. The highest BCUT2D eigenvalue weighted by molar-refractivity contribution is 6.13. The number of rotatable bonds is 6. The van der Waals surface area contributed by atoms with Gasteiger partial charge in [-0.1, -0.05) is 172 Å². The Labute approximate surface area is 337 Å². The second-order valence-electron chi connectivity index (χ2n) is 15.6. The Kier molecular flexibility index (Phi) is 7.80. The first-order valence-electron chi connectivity index (χ1n) is 19.8. The molecule has 0 bridgehead atoms. The SMILES string of the molecule is CC1(C)c2ccccc2-c2ccc(-c3nc(-c4cccc(-c5ccccc5)c4)nc(-c4ccc5c(c4)oc4cccc(-c6ccc(-c7ccccc7)cc6)c45)n3)cc21. The summed E-state index contributed by atoms with van der Waals surface area (Å²) in [6, 6.07) is 66.1. The molecular formula is C54H37N3O. The number of aromatic nitrogens is 3. The third-order valence-electron chi connectivity index (χ3n) is 11.8.